The number of carbonyl (C=O) groups excluding carboxylic acids is 1. The van der Waals surface area contributed by atoms with E-state index in [9.17, 15) is 4.79 Å². The highest BCUT2D eigenvalue weighted by Crippen LogP contribution is 2.22. The molecule has 1 aromatic carbocycles. The molecule has 1 atom stereocenters. The monoisotopic (exact) mass is 227 g/mol. The first kappa shape index (κ1) is 11.8. The Morgan fingerprint density at radius 3 is 2.59 bits per heavy atom. The van der Waals surface area contributed by atoms with E-state index < -0.39 is 0 Å². The number of hydrogen-bond donors (Lipinski definition) is 0. The summed E-state index contributed by atoms with van der Waals surface area (Å²) in [4.78, 5) is 16.6. The lowest BCUT2D eigenvalue weighted by Crippen LogP contribution is -2.17. The number of aromatic nitrogens is 1. The minimum Gasteiger partial charge on any atom is -0.294 e. The molecule has 0 bridgehead atoms. The second kappa shape index (κ2) is 4.66. The normalized spacial score (nSPS) is 12.9. The van der Waals surface area contributed by atoms with E-state index in [1.807, 2.05) is 37.3 Å². The van der Waals surface area contributed by atoms with Crippen molar-refractivity contribution < 1.29 is 4.79 Å². The molecule has 0 amide bonds. The topological polar surface area (TPSA) is 30.0 Å². The van der Waals surface area contributed by atoms with Gasteiger partial charge in [0.2, 0.25) is 0 Å². The lowest BCUT2D eigenvalue weighted by Gasteiger charge is -2.15. The number of hydrogen-bond acceptors (Lipinski definition) is 2. The fourth-order valence-electron chi connectivity index (χ4n) is 1.87. The van der Waals surface area contributed by atoms with E-state index in [0.717, 1.165) is 16.5 Å². The molecule has 1 aromatic heterocycles. The Hall–Kier alpha value is -1.70. The molecule has 0 radical (unpaired) electrons. The van der Waals surface area contributed by atoms with Gasteiger partial charge >= 0.3 is 0 Å². The zero-order valence-corrected chi connectivity index (χ0v) is 10.5. The van der Waals surface area contributed by atoms with Gasteiger partial charge in [-0.05, 0) is 18.1 Å². The number of ketones is 1. The van der Waals surface area contributed by atoms with Crippen molar-refractivity contribution in [2.45, 2.75) is 20.8 Å². The van der Waals surface area contributed by atoms with E-state index in [1.54, 1.807) is 6.20 Å². The van der Waals surface area contributed by atoms with Crippen molar-refractivity contribution in [2.24, 2.45) is 11.8 Å². The molecule has 0 aliphatic rings. The summed E-state index contributed by atoms with van der Waals surface area (Å²) < 4.78 is 0. The van der Waals surface area contributed by atoms with Crippen LogP contribution in [-0.4, -0.2) is 10.8 Å². The van der Waals surface area contributed by atoms with E-state index in [1.165, 1.54) is 0 Å². The van der Waals surface area contributed by atoms with E-state index in [4.69, 9.17) is 0 Å². The number of pyridine rings is 1. The highest BCUT2D eigenvalue weighted by molar-refractivity contribution is 6.08. The maximum absolute atomic E-state index is 12.4. The first-order valence-electron chi connectivity index (χ1n) is 5.99. The molecule has 0 aliphatic heterocycles. The molecule has 0 aliphatic carbocycles. The van der Waals surface area contributed by atoms with Gasteiger partial charge in [0.15, 0.2) is 5.78 Å². The molecule has 2 nitrogen and oxygen atoms in total. The van der Waals surface area contributed by atoms with Crippen molar-refractivity contribution in [3.63, 3.8) is 0 Å². The molecule has 0 fully saturated rings. The van der Waals surface area contributed by atoms with Crippen LogP contribution in [0.1, 0.15) is 31.1 Å². The predicted octanol–water partition coefficient (Wildman–Crippen LogP) is 3.71. The summed E-state index contributed by atoms with van der Waals surface area (Å²) in [7, 11) is 0. The molecule has 88 valence electrons. The summed E-state index contributed by atoms with van der Waals surface area (Å²) in [6.45, 7) is 6.14. The zero-order valence-electron chi connectivity index (χ0n) is 10.5. The third-order valence-electron chi connectivity index (χ3n) is 3.32. The first-order valence-corrected chi connectivity index (χ1v) is 5.99. The summed E-state index contributed by atoms with van der Waals surface area (Å²) >= 11 is 0. The Kier molecular flexibility index (Phi) is 3.23. The maximum atomic E-state index is 12.4. The van der Waals surface area contributed by atoms with Gasteiger partial charge in [-0.3, -0.25) is 9.78 Å². The largest absolute Gasteiger partial charge is 0.294 e. The van der Waals surface area contributed by atoms with Crippen LogP contribution in [0.3, 0.4) is 0 Å². The lowest BCUT2D eigenvalue weighted by atomic mass is 9.88. The number of nitrogens with zero attached hydrogens (tertiary/aromatic N) is 1. The van der Waals surface area contributed by atoms with Gasteiger partial charge in [-0.1, -0.05) is 39.0 Å². The van der Waals surface area contributed by atoms with Gasteiger partial charge in [-0.2, -0.15) is 0 Å². The Balaban J connectivity index is 2.52. The van der Waals surface area contributed by atoms with Crippen molar-refractivity contribution >= 4 is 16.7 Å². The number of fused-ring (bicyclic) bond motifs is 1. The standard InChI is InChI=1S/C15H17NO/c1-10(2)11(3)15(17)13-6-4-8-14-12(13)7-5-9-16-14/h4-11H,1-3H3. The number of Topliss-reactive ketones (excluding diaryl/α,β-unsaturated/α-hetero) is 1. The molecule has 0 spiro atoms. The van der Waals surface area contributed by atoms with Crippen molar-refractivity contribution in [1.82, 2.24) is 4.98 Å². The second-order valence-electron chi connectivity index (χ2n) is 4.77. The van der Waals surface area contributed by atoms with Crippen molar-refractivity contribution in [3.8, 4) is 0 Å². The van der Waals surface area contributed by atoms with E-state index in [0.29, 0.717) is 5.92 Å². The fraction of sp³-hybridized carbons (Fsp3) is 0.333. The number of benzene rings is 1. The number of rotatable bonds is 3. The average molecular weight is 227 g/mol. The lowest BCUT2D eigenvalue weighted by molar-refractivity contribution is 0.0901. The van der Waals surface area contributed by atoms with Gasteiger partial charge in [0.25, 0.3) is 0 Å². The molecule has 17 heavy (non-hydrogen) atoms. The third-order valence-corrected chi connectivity index (χ3v) is 3.32. The van der Waals surface area contributed by atoms with Crippen molar-refractivity contribution in [1.29, 1.82) is 0 Å². The summed E-state index contributed by atoms with van der Waals surface area (Å²) in [5.74, 6) is 0.605. The predicted molar refractivity (Wildman–Crippen MR) is 70.1 cm³/mol. The summed E-state index contributed by atoms with van der Waals surface area (Å²) in [5.41, 5.74) is 1.67. The van der Waals surface area contributed by atoms with Crippen molar-refractivity contribution in [3.05, 3.63) is 42.1 Å². The van der Waals surface area contributed by atoms with Crippen LogP contribution in [0.2, 0.25) is 0 Å². The third kappa shape index (κ3) is 2.21. The highest BCUT2D eigenvalue weighted by atomic mass is 16.1. The SMILES string of the molecule is CC(C)C(C)C(=O)c1cccc2ncccc12. The van der Waals surface area contributed by atoms with E-state index in [-0.39, 0.29) is 11.7 Å². The van der Waals surface area contributed by atoms with E-state index >= 15 is 0 Å². The minimum absolute atomic E-state index is 0.0424. The Morgan fingerprint density at radius 1 is 1.12 bits per heavy atom. The van der Waals surface area contributed by atoms with Crippen LogP contribution >= 0.6 is 0 Å². The van der Waals surface area contributed by atoms with Crippen LogP contribution < -0.4 is 0 Å². The summed E-state index contributed by atoms with van der Waals surface area (Å²) in [5, 5.41) is 0.951. The molecule has 0 N–H and O–H groups in total. The average Bonchev–Trinajstić information content (AvgIpc) is 2.36. The molecule has 2 heteroatoms. The van der Waals surface area contributed by atoms with Gasteiger partial charge in [0.1, 0.15) is 0 Å². The molecule has 1 unspecified atom stereocenters. The zero-order chi connectivity index (χ0) is 12.4. The molecular weight excluding hydrogens is 210 g/mol. The van der Waals surface area contributed by atoms with Gasteiger partial charge in [0, 0.05) is 23.1 Å². The molecule has 1 heterocycles. The van der Waals surface area contributed by atoms with Gasteiger partial charge < -0.3 is 0 Å². The summed E-state index contributed by atoms with van der Waals surface area (Å²) in [6, 6.07) is 9.56. The van der Waals surface area contributed by atoms with Crippen LogP contribution in [0.25, 0.3) is 10.9 Å². The Morgan fingerprint density at radius 2 is 1.88 bits per heavy atom. The van der Waals surface area contributed by atoms with Gasteiger partial charge in [-0.15, -0.1) is 0 Å². The quantitative estimate of drug-likeness (QED) is 0.748. The highest BCUT2D eigenvalue weighted by Gasteiger charge is 2.20. The molecule has 0 saturated carbocycles. The summed E-state index contributed by atoms with van der Waals surface area (Å²) in [6.07, 6.45) is 1.75. The Labute approximate surface area is 102 Å². The minimum atomic E-state index is 0.0424. The smallest absolute Gasteiger partial charge is 0.166 e. The van der Waals surface area contributed by atoms with Gasteiger partial charge in [0.05, 0.1) is 5.52 Å². The van der Waals surface area contributed by atoms with Crippen LogP contribution in [0, 0.1) is 11.8 Å². The molecule has 2 aromatic rings. The molecule has 2 rings (SSSR count). The Bertz CT molecular complexity index is 540. The van der Waals surface area contributed by atoms with Crippen molar-refractivity contribution in [2.75, 3.05) is 0 Å². The van der Waals surface area contributed by atoms with Crippen LogP contribution in [-0.2, 0) is 0 Å². The van der Waals surface area contributed by atoms with Gasteiger partial charge in [-0.25, -0.2) is 0 Å². The molecular formula is C15H17NO. The molecule has 0 saturated heterocycles. The first-order chi connectivity index (χ1) is 8.11. The van der Waals surface area contributed by atoms with Crippen LogP contribution in [0.5, 0.6) is 0 Å². The fourth-order valence-corrected chi connectivity index (χ4v) is 1.87. The van der Waals surface area contributed by atoms with Crippen LogP contribution in [0.15, 0.2) is 36.5 Å². The number of carbonyl (C=O) groups is 1. The van der Waals surface area contributed by atoms with Crippen LogP contribution in [0.4, 0.5) is 0 Å². The van der Waals surface area contributed by atoms with E-state index in [2.05, 4.69) is 18.8 Å². The maximum Gasteiger partial charge on any atom is 0.166 e. The second-order valence-corrected chi connectivity index (χ2v) is 4.77.